The molecule has 0 unspecified atom stereocenters. The number of guanidine groups is 1. The van der Waals surface area contributed by atoms with E-state index < -0.39 is 11.6 Å². The van der Waals surface area contributed by atoms with Crippen molar-refractivity contribution in [1.29, 1.82) is 0 Å². The van der Waals surface area contributed by atoms with Gasteiger partial charge < -0.3 is 10.6 Å². The van der Waals surface area contributed by atoms with Gasteiger partial charge in [0.25, 0.3) is 0 Å². The molecule has 1 saturated carbocycles. The van der Waals surface area contributed by atoms with Crippen molar-refractivity contribution in [2.24, 2.45) is 4.99 Å². The summed E-state index contributed by atoms with van der Waals surface area (Å²) >= 11 is 2.03. The van der Waals surface area contributed by atoms with Crippen LogP contribution in [0.2, 0.25) is 0 Å². The van der Waals surface area contributed by atoms with Crippen LogP contribution in [-0.4, -0.2) is 54.6 Å². The van der Waals surface area contributed by atoms with Crippen LogP contribution in [0.5, 0.6) is 0 Å². The van der Waals surface area contributed by atoms with Crippen molar-refractivity contribution >= 4 is 41.7 Å². The fourth-order valence-corrected chi connectivity index (χ4v) is 4.91. The molecule has 152 valence electrons. The maximum absolute atomic E-state index is 13.8. The molecule has 0 amide bonds. The first-order valence-corrected chi connectivity index (χ1v) is 10.5. The van der Waals surface area contributed by atoms with Crippen molar-refractivity contribution in [3.8, 4) is 0 Å². The maximum Gasteiger partial charge on any atom is 0.191 e. The minimum absolute atomic E-state index is 0. The predicted octanol–water partition coefficient (Wildman–Crippen LogP) is 3.61. The Morgan fingerprint density at radius 2 is 1.89 bits per heavy atom. The zero-order valence-electron chi connectivity index (χ0n) is 15.8. The Balaban J connectivity index is 0.00000261. The van der Waals surface area contributed by atoms with Crippen LogP contribution >= 0.6 is 35.7 Å². The molecule has 2 aliphatic rings. The van der Waals surface area contributed by atoms with Gasteiger partial charge in [0.1, 0.15) is 11.6 Å². The zero-order chi connectivity index (χ0) is 18.4. The van der Waals surface area contributed by atoms with Gasteiger partial charge in [-0.2, -0.15) is 11.8 Å². The van der Waals surface area contributed by atoms with E-state index in [1.165, 1.54) is 43.3 Å². The lowest BCUT2D eigenvalue weighted by molar-refractivity contribution is 0.107. The molecule has 1 aromatic rings. The number of benzene rings is 1. The van der Waals surface area contributed by atoms with Gasteiger partial charge in [0.2, 0.25) is 0 Å². The van der Waals surface area contributed by atoms with E-state index in [1.54, 1.807) is 7.05 Å². The molecule has 1 saturated heterocycles. The molecule has 27 heavy (non-hydrogen) atoms. The van der Waals surface area contributed by atoms with Crippen molar-refractivity contribution in [1.82, 2.24) is 15.5 Å². The van der Waals surface area contributed by atoms with E-state index in [0.717, 1.165) is 31.8 Å². The van der Waals surface area contributed by atoms with Crippen LogP contribution in [0.15, 0.2) is 23.2 Å². The molecule has 3 rings (SSSR count). The van der Waals surface area contributed by atoms with Crippen molar-refractivity contribution in [3.63, 3.8) is 0 Å². The molecule has 0 radical (unpaired) electrons. The molecular formula is C19H29F2IN4S. The lowest BCUT2D eigenvalue weighted by Crippen LogP contribution is -2.57. The molecule has 2 N–H and O–H groups in total. The fraction of sp³-hybridized carbons (Fsp3) is 0.632. The van der Waals surface area contributed by atoms with Gasteiger partial charge in [0.15, 0.2) is 5.96 Å². The topological polar surface area (TPSA) is 39.7 Å². The monoisotopic (exact) mass is 510 g/mol. The molecule has 8 heteroatoms. The van der Waals surface area contributed by atoms with Crippen LogP contribution in [0.3, 0.4) is 0 Å². The summed E-state index contributed by atoms with van der Waals surface area (Å²) in [6.45, 7) is 3.33. The lowest BCUT2D eigenvalue weighted by atomic mass is 9.94. The van der Waals surface area contributed by atoms with Crippen LogP contribution in [0, 0.1) is 11.6 Å². The van der Waals surface area contributed by atoms with Gasteiger partial charge in [-0.1, -0.05) is 12.8 Å². The summed E-state index contributed by atoms with van der Waals surface area (Å²) < 4.78 is 27.1. The van der Waals surface area contributed by atoms with Crippen molar-refractivity contribution in [2.75, 3.05) is 38.2 Å². The molecule has 0 atom stereocenters. The summed E-state index contributed by atoms with van der Waals surface area (Å²) in [5.41, 5.74) is 0.500. The van der Waals surface area contributed by atoms with Gasteiger partial charge >= 0.3 is 0 Å². The number of halogens is 3. The third kappa shape index (κ3) is 5.93. The number of aliphatic imine (C=N–C) groups is 1. The van der Waals surface area contributed by atoms with Gasteiger partial charge in [-0.05, 0) is 31.0 Å². The van der Waals surface area contributed by atoms with E-state index in [2.05, 4.69) is 20.5 Å². The summed E-state index contributed by atoms with van der Waals surface area (Å²) in [6.07, 6.45) is 4.96. The number of nitrogens with one attached hydrogen (secondary N) is 2. The highest BCUT2D eigenvalue weighted by atomic mass is 127. The molecule has 2 fully saturated rings. The van der Waals surface area contributed by atoms with E-state index in [-0.39, 0.29) is 36.1 Å². The van der Waals surface area contributed by atoms with Gasteiger partial charge in [-0.25, -0.2) is 8.78 Å². The Morgan fingerprint density at radius 1 is 1.19 bits per heavy atom. The van der Waals surface area contributed by atoms with Gasteiger partial charge in [0, 0.05) is 55.8 Å². The van der Waals surface area contributed by atoms with Crippen LogP contribution in [0.1, 0.15) is 31.2 Å². The minimum atomic E-state index is -0.431. The maximum atomic E-state index is 13.8. The summed E-state index contributed by atoms with van der Waals surface area (Å²) in [6, 6.07) is 3.51. The second-order valence-corrected chi connectivity index (χ2v) is 8.27. The fourth-order valence-electron chi connectivity index (χ4n) is 4.00. The molecule has 0 aromatic heterocycles. The molecule has 0 bridgehead atoms. The summed E-state index contributed by atoms with van der Waals surface area (Å²) in [7, 11) is 1.70. The van der Waals surface area contributed by atoms with Gasteiger partial charge in [-0.3, -0.25) is 9.89 Å². The number of hydrogen-bond acceptors (Lipinski definition) is 3. The smallest absolute Gasteiger partial charge is 0.191 e. The minimum Gasteiger partial charge on any atom is -0.355 e. The zero-order valence-corrected chi connectivity index (χ0v) is 18.9. The molecule has 1 aliphatic carbocycles. The van der Waals surface area contributed by atoms with Crippen LogP contribution < -0.4 is 10.6 Å². The van der Waals surface area contributed by atoms with E-state index in [4.69, 9.17) is 0 Å². The molecular weight excluding hydrogens is 481 g/mol. The quantitative estimate of drug-likeness (QED) is 0.361. The number of thioether (sulfide) groups is 1. The van der Waals surface area contributed by atoms with Crippen LogP contribution in [0.25, 0.3) is 0 Å². The second-order valence-electron chi connectivity index (χ2n) is 7.05. The molecule has 1 heterocycles. The van der Waals surface area contributed by atoms with Crippen LogP contribution in [0.4, 0.5) is 8.78 Å². The summed E-state index contributed by atoms with van der Waals surface area (Å²) in [5, 5.41) is 6.54. The Bertz CT molecular complexity index is 632. The Hall–Kier alpha value is -0.610. The first-order chi connectivity index (χ1) is 12.6. The number of hydrogen-bond donors (Lipinski definition) is 2. The van der Waals surface area contributed by atoms with E-state index in [9.17, 15) is 8.78 Å². The SMILES string of the molecule is CN=C(NCc1cc(F)ccc1F)NCC1(N2CCSCC2)CCCC1.I. The number of rotatable bonds is 5. The average molecular weight is 510 g/mol. The standard InChI is InChI=1S/C19H28F2N4S.HI/c1-22-18(23-13-15-12-16(20)4-5-17(15)21)24-14-19(6-2-3-7-19)25-8-10-26-11-9-25;/h4-5,12H,2-3,6-11,13-14H2,1H3,(H2,22,23,24);1H. The van der Waals surface area contributed by atoms with E-state index in [1.807, 2.05) is 11.8 Å². The highest BCUT2D eigenvalue weighted by Crippen LogP contribution is 2.36. The van der Waals surface area contributed by atoms with Crippen molar-refractivity contribution in [2.45, 2.75) is 37.8 Å². The summed E-state index contributed by atoms with van der Waals surface area (Å²) in [5.74, 6) is 2.19. The van der Waals surface area contributed by atoms with Crippen molar-refractivity contribution in [3.05, 3.63) is 35.4 Å². The third-order valence-electron chi connectivity index (χ3n) is 5.48. The largest absolute Gasteiger partial charge is 0.355 e. The number of nitrogens with zero attached hydrogens (tertiary/aromatic N) is 2. The van der Waals surface area contributed by atoms with Crippen molar-refractivity contribution < 1.29 is 8.78 Å². The normalized spacial score (nSPS) is 20.2. The second kappa shape index (κ2) is 10.8. The summed E-state index contributed by atoms with van der Waals surface area (Å²) in [4.78, 5) is 6.89. The highest BCUT2D eigenvalue weighted by molar-refractivity contribution is 14.0. The Kier molecular flexibility index (Phi) is 9.07. The molecule has 0 spiro atoms. The third-order valence-corrected chi connectivity index (χ3v) is 6.42. The van der Waals surface area contributed by atoms with Crippen LogP contribution in [-0.2, 0) is 6.54 Å². The highest BCUT2D eigenvalue weighted by Gasteiger charge is 2.39. The lowest BCUT2D eigenvalue weighted by Gasteiger charge is -2.43. The first kappa shape index (κ1) is 22.7. The Morgan fingerprint density at radius 3 is 2.56 bits per heavy atom. The first-order valence-electron chi connectivity index (χ1n) is 9.34. The van der Waals surface area contributed by atoms with E-state index in [0.29, 0.717) is 11.5 Å². The van der Waals surface area contributed by atoms with Gasteiger partial charge in [0.05, 0.1) is 0 Å². The Labute approximate surface area is 182 Å². The van der Waals surface area contributed by atoms with E-state index >= 15 is 0 Å². The molecule has 1 aliphatic heterocycles. The average Bonchev–Trinajstić information content (AvgIpc) is 3.15. The molecule has 4 nitrogen and oxygen atoms in total. The predicted molar refractivity (Wildman–Crippen MR) is 120 cm³/mol. The molecule has 1 aromatic carbocycles. The van der Waals surface area contributed by atoms with Gasteiger partial charge in [-0.15, -0.1) is 24.0 Å².